The first-order valence-electron chi connectivity index (χ1n) is 5.35. The lowest BCUT2D eigenvalue weighted by Crippen LogP contribution is -2.21. The first-order valence-corrected chi connectivity index (χ1v) is 5.35. The fraction of sp³-hybridized carbons (Fsp3) is 0.455. The van der Waals surface area contributed by atoms with Crippen molar-refractivity contribution in [2.24, 2.45) is 5.73 Å². The number of hydrogen-bond donors (Lipinski definition) is 3. The molecule has 1 atom stereocenters. The maximum atomic E-state index is 10.6. The number of furan rings is 1. The van der Waals surface area contributed by atoms with Gasteiger partial charge in [-0.25, -0.2) is 4.79 Å². The summed E-state index contributed by atoms with van der Waals surface area (Å²) in [6.45, 7) is 2.47. The van der Waals surface area contributed by atoms with Crippen LogP contribution in [0.4, 0.5) is 0 Å². The Bertz CT molecular complexity index is 400. The number of aromatic carboxylic acids is 1. The van der Waals surface area contributed by atoms with E-state index in [0.29, 0.717) is 25.1 Å². The number of nitrogens with one attached hydrogen (secondary N) is 1. The number of hydrogen-bond acceptors (Lipinski definition) is 4. The van der Waals surface area contributed by atoms with Crippen molar-refractivity contribution < 1.29 is 19.1 Å². The van der Waals surface area contributed by atoms with E-state index in [-0.39, 0.29) is 17.7 Å². The highest BCUT2D eigenvalue weighted by atomic mass is 16.4. The third-order valence-corrected chi connectivity index (χ3v) is 2.31. The molecule has 0 aromatic carbocycles. The predicted molar refractivity (Wildman–Crippen MR) is 60.5 cm³/mol. The van der Waals surface area contributed by atoms with E-state index >= 15 is 0 Å². The zero-order valence-electron chi connectivity index (χ0n) is 9.60. The van der Waals surface area contributed by atoms with Crippen LogP contribution in [0.15, 0.2) is 16.5 Å². The molecule has 17 heavy (non-hydrogen) atoms. The van der Waals surface area contributed by atoms with Crippen LogP contribution in [-0.4, -0.2) is 23.5 Å². The first-order chi connectivity index (χ1) is 8.00. The number of carbonyl (C=O) groups excluding carboxylic acids is 1. The molecule has 0 aliphatic heterocycles. The van der Waals surface area contributed by atoms with E-state index in [2.05, 4.69) is 5.32 Å². The van der Waals surface area contributed by atoms with E-state index in [0.717, 1.165) is 0 Å². The minimum Gasteiger partial charge on any atom is -0.475 e. The number of carbonyl (C=O) groups is 2. The largest absolute Gasteiger partial charge is 0.475 e. The Hall–Kier alpha value is -1.82. The molecule has 0 radical (unpaired) electrons. The summed E-state index contributed by atoms with van der Waals surface area (Å²) in [6.07, 6.45) is 0.977. The zero-order chi connectivity index (χ0) is 12.8. The van der Waals surface area contributed by atoms with Gasteiger partial charge >= 0.3 is 5.97 Å². The average Bonchev–Trinajstić information content (AvgIpc) is 2.73. The van der Waals surface area contributed by atoms with E-state index in [1.54, 1.807) is 6.07 Å². The second kappa shape index (κ2) is 6.05. The van der Waals surface area contributed by atoms with Crippen molar-refractivity contribution in [2.45, 2.75) is 25.8 Å². The van der Waals surface area contributed by atoms with Crippen molar-refractivity contribution in [2.75, 3.05) is 6.54 Å². The molecule has 0 spiro atoms. The first kappa shape index (κ1) is 13.2. The van der Waals surface area contributed by atoms with Crippen molar-refractivity contribution in [3.63, 3.8) is 0 Å². The lowest BCUT2D eigenvalue weighted by Gasteiger charge is -2.10. The molecule has 6 nitrogen and oxygen atoms in total. The normalized spacial score (nSPS) is 12.3. The quantitative estimate of drug-likeness (QED) is 0.614. The van der Waals surface area contributed by atoms with Gasteiger partial charge in [0, 0.05) is 6.42 Å². The van der Waals surface area contributed by atoms with Crippen LogP contribution in [0.3, 0.4) is 0 Å². The highest BCUT2D eigenvalue weighted by molar-refractivity contribution is 5.84. The minimum absolute atomic E-state index is 0.0780. The van der Waals surface area contributed by atoms with Crippen LogP contribution in [0, 0.1) is 0 Å². The van der Waals surface area contributed by atoms with Crippen LogP contribution in [0.2, 0.25) is 0 Å². The summed E-state index contributed by atoms with van der Waals surface area (Å²) < 4.78 is 5.13. The topological polar surface area (TPSA) is 106 Å². The van der Waals surface area contributed by atoms with E-state index in [9.17, 15) is 9.59 Å². The predicted octanol–water partition coefficient (Wildman–Crippen LogP) is 0.894. The smallest absolute Gasteiger partial charge is 0.371 e. The van der Waals surface area contributed by atoms with Crippen LogP contribution in [-0.2, 0) is 4.79 Å². The highest BCUT2D eigenvalue weighted by Gasteiger charge is 2.13. The summed E-state index contributed by atoms with van der Waals surface area (Å²) in [5.74, 6) is -0.935. The number of carboxylic acids is 1. The lowest BCUT2D eigenvalue weighted by molar-refractivity contribution is -0.118. The maximum absolute atomic E-state index is 10.6. The van der Waals surface area contributed by atoms with Gasteiger partial charge in [0.25, 0.3) is 0 Å². The van der Waals surface area contributed by atoms with E-state index < -0.39 is 5.97 Å². The molecule has 1 unspecified atom stereocenters. The molecule has 1 aromatic rings. The Morgan fingerprint density at radius 1 is 1.53 bits per heavy atom. The fourth-order valence-corrected chi connectivity index (χ4v) is 1.38. The van der Waals surface area contributed by atoms with Gasteiger partial charge in [0.15, 0.2) is 0 Å². The molecule has 94 valence electrons. The van der Waals surface area contributed by atoms with Gasteiger partial charge < -0.3 is 20.6 Å². The van der Waals surface area contributed by atoms with Crippen LogP contribution >= 0.6 is 0 Å². The van der Waals surface area contributed by atoms with E-state index in [1.807, 2.05) is 6.92 Å². The Labute approximate surface area is 98.8 Å². The molecule has 1 heterocycles. The maximum Gasteiger partial charge on any atom is 0.371 e. The van der Waals surface area contributed by atoms with Gasteiger partial charge in [0.1, 0.15) is 5.76 Å². The Balaban J connectivity index is 2.38. The Morgan fingerprint density at radius 2 is 2.24 bits per heavy atom. The van der Waals surface area contributed by atoms with Crippen molar-refractivity contribution in [1.29, 1.82) is 0 Å². The second-order valence-corrected chi connectivity index (χ2v) is 3.75. The molecule has 0 saturated heterocycles. The van der Waals surface area contributed by atoms with Crippen LogP contribution < -0.4 is 11.1 Å². The average molecular weight is 240 g/mol. The standard InChI is InChI=1S/C11H16N2O4/c1-7(13-6-2-3-10(12)14)8-4-5-9(17-8)11(15)16/h4-5,7,13H,2-3,6H2,1H3,(H2,12,14)(H,15,16). The van der Waals surface area contributed by atoms with Crippen LogP contribution in [0.25, 0.3) is 0 Å². The molecule has 0 bridgehead atoms. The summed E-state index contributed by atoms with van der Waals surface area (Å²) in [7, 11) is 0. The monoisotopic (exact) mass is 240 g/mol. The van der Waals surface area contributed by atoms with Gasteiger partial charge in [-0.15, -0.1) is 0 Å². The third-order valence-electron chi connectivity index (χ3n) is 2.31. The summed E-state index contributed by atoms with van der Waals surface area (Å²) in [4.78, 5) is 21.1. The molecule has 6 heteroatoms. The molecule has 0 saturated carbocycles. The Morgan fingerprint density at radius 3 is 2.76 bits per heavy atom. The highest BCUT2D eigenvalue weighted by Crippen LogP contribution is 2.16. The fourth-order valence-electron chi connectivity index (χ4n) is 1.38. The SMILES string of the molecule is CC(NCCCC(N)=O)c1ccc(C(=O)O)o1. The van der Waals surface area contributed by atoms with Crippen LogP contribution in [0.1, 0.15) is 42.1 Å². The van der Waals surface area contributed by atoms with Crippen molar-refractivity contribution in [3.8, 4) is 0 Å². The molecule has 1 rings (SSSR count). The van der Waals surface area contributed by atoms with Crippen molar-refractivity contribution >= 4 is 11.9 Å². The van der Waals surface area contributed by atoms with Gasteiger partial charge in [-0.05, 0) is 32.0 Å². The minimum atomic E-state index is -1.09. The third kappa shape index (κ3) is 4.28. The number of amides is 1. The number of nitrogens with two attached hydrogens (primary N) is 1. The van der Waals surface area contributed by atoms with Gasteiger partial charge in [-0.1, -0.05) is 0 Å². The molecular formula is C11H16N2O4. The number of carboxylic acid groups (broad SMARTS) is 1. The van der Waals surface area contributed by atoms with E-state index in [1.165, 1.54) is 6.07 Å². The summed E-state index contributed by atoms with van der Waals surface area (Å²) >= 11 is 0. The molecule has 0 fully saturated rings. The van der Waals surface area contributed by atoms with Gasteiger partial charge in [0.05, 0.1) is 6.04 Å². The molecule has 0 aliphatic rings. The summed E-state index contributed by atoms with van der Waals surface area (Å²) in [5.41, 5.74) is 5.01. The lowest BCUT2D eigenvalue weighted by atomic mass is 10.2. The molecule has 1 amide bonds. The van der Waals surface area contributed by atoms with Crippen molar-refractivity contribution in [1.82, 2.24) is 5.32 Å². The number of rotatable bonds is 7. The van der Waals surface area contributed by atoms with Gasteiger partial charge in [-0.3, -0.25) is 4.79 Å². The van der Waals surface area contributed by atoms with Gasteiger partial charge in [-0.2, -0.15) is 0 Å². The summed E-state index contributed by atoms with van der Waals surface area (Å²) in [6, 6.07) is 2.94. The summed E-state index contributed by atoms with van der Waals surface area (Å²) in [5, 5.41) is 11.8. The zero-order valence-corrected chi connectivity index (χ0v) is 9.60. The van der Waals surface area contributed by atoms with Crippen molar-refractivity contribution in [3.05, 3.63) is 23.7 Å². The van der Waals surface area contributed by atoms with E-state index in [4.69, 9.17) is 15.3 Å². The molecular weight excluding hydrogens is 224 g/mol. The number of primary amides is 1. The van der Waals surface area contributed by atoms with Gasteiger partial charge in [0.2, 0.25) is 11.7 Å². The van der Waals surface area contributed by atoms with Crippen LogP contribution in [0.5, 0.6) is 0 Å². The Kier molecular flexibility index (Phi) is 4.71. The molecule has 0 aliphatic carbocycles. The molecule has 4 N–H and O–H groups in total. The molecule has 1 aromatic heterocycles. The second-order valence-electron chi connectivity index (χ2n) is 3.75.